The number of ether oxygens (including phenoxy) is 8. The Labute approximate surface area is 533 Å². The fraction of sp³-hybridized carbons (Fsp3) is 0.884. The zero-order chi connectivity index (χ0) is 65.3. The minimum absolute atomic E-state index is 0.110. The van der Waals surface area contributed by atoms with Crippen LogP contribution in [0.25, 0.3) is 0 Å². The van der Waals surface area contributed by atoms with Crippen molar-refractivity contribution in [2.75, 3.05) is 112 Å². The van der Waals surface area contributed by atoms with Gasteiger partial charge in [-0.2, -0.15) is 0 Å². The largest absolute Gasteiger partial charge is 0.466 e. The van der Waals surface area contributed by atoms with E-state index < -0.39 is 0 Å². The van der Waals surface area contributed by atoms with Gasteiger partial charge in [0.05, 0.1) is 78.5 Å². The summed E-state index contributed by atoms with van der Waals surface area (Å²) in [6.07, 6.45) is 23.5. The van der Waals surface area contributed by atoms with Gasteiger partial charge in [0, 0.05) is 78.0 Å². The second-order valence-corrected chi connectivity index (χ2v) is 24.7. The van der Waals surface area contributed by atoms with E-state index in [9.17, 15) is 38.4 Å². The van der Waals surface area contributed by atoms with E-state index in [4.69, 9.17) is 37.9 Å². The molecule has 0 fully saturated rings. The molecule has 4 unspecified atom stereocenters. The fourth-order valence-corrected chi connectivity index (χ4v) is 9.53. The third kappa shape index (κ3) is 55.7. The predicted octanol–water partition coefficient (Wildman–Crippen LogP) is 13.0. The highest BCUT2D eigenvalue weighted by molar-refractivity contribution is 5.72. The maximum atomic E-state index is 13.0. The van der Waals surface area contributed by atoms with Crippen LogP contribution in [0.2, 0.25) is 0 Å². The standard InChI is InChI=1S/C69H127N3O16/c1-10-14-26-58(5)30-34-62(73)81-50-18-22-54-85-66(77)38-42-71(43-39-67(78)86-55-23-19-51-82-63(74)35-31-59(6)27-15-11-2)48-46-70(9)47-49-72(44-40-68(79)87-56-24-20-52-83-64(75)36-32-60(7)28-16-12-3)45-41-69(80)88-57-25-21-53-84-65(76)37-33-61(8)29-17-13-4/h58-61H,10-57H2,1-9H3. The van der Waals surface area contributed by atoms with Crippen LogP contribution < -0.4 is 0 Å². The monoisotopic (exact) mass is 1250 g/mol. The Morgan fingerprint density at radius 2 is 0.432 bits per heavy atom. The molecule has 0 aromatic rings. The van der Waals surface area contributed by atoms with Gasteiger partial charge in [-0.05, 0) is 108 Å². The molecule has 514 valence electrons. The van der Waals surface area contributed by atoms with Crippen LogP contribution in [-0.4, -0.2) is 175 Å². The lowest BCUT2D eigenvalue weighted by atomic mass is 9.99. The first-order valence-electron chi connectivity index (χ1n) is 34.8. The molecule has 19 nitrogen and oxygen atoms in total. The predicted molar refractivity (Wildman–Crippen MR) is 345 cm³/mol. The van der Waals surface area contributed by atoms with E-state index in [0.717, 1.165) is 103 Å². The molecule has 0 amide bonds. The molecular weight excluding hydrogens is 1130 g/mol. The molecule has 0 heterocycles. The summed E-state index contributed by atoms with van der Waals surface area (Å²) in [6.45, 7) is 22.8. The van der Waals surface area contributed by atoms with Crippen LogP contribution in [0.5, 0.6) is 0 Å². The average molecular weight is 1250 g/mol. The van der Waals surface area contributed by atoms with Crippen molar-refractivity contribution in [3.63, 3.8) is 0 Å². The highest BCUT2D eigenvalue weighted by Crippen LogP contribution is 2.18. The lowest BCUT2D eigenvalue weighted by Crippen LogP contribution is -2.40. The third-order valence-electron chi connectivity index (χ3n) is 16.0. The zero-order valence-corrected chi connectivity index (χ0v) is 57.1. The van der Waals surface area contributed by atoms with Crippen LogP contribution >= 0.6 is 0 Å². The normalized spacial score (nSPS) is 12.8. The van der Waals surface area contributed by atoms with Crippen LogP contribution in [0.1, 0.15) is 261 Å². The maximum Gasteiger partial charge on any atom is 0.307 e. The lowest BCUT2D eigenvalue weighted by molar-refractivity contribution is -0.147. The molecule has 0 aromatic carbocycles. The van der Waals surface area contributed by atoms with E-state index in [1.165, 1.54) is 0 Å². The molecule has 0 saturated carbocycles. The molecular formula is C69H127N3O16. The molecule has 0 aliphatic rings. The summed E-state index contributed by atoms with van der Waals surface area (Å²) in [7, 11) is 1.97. The number of hydrogen-bond acceptors (Lipinski definition) is 19. The topological polar surface area (TPSA) is 220 Å². The third-order valence-corrected chi connectivity index (χ3v) is 16.0. The summed E-state index contributed by atoms with van der Waals surface area (Å²) in [5.41, 5.74) is 0. The second kappa shape index (κ2) is 59.0. The van der Waals surface area contributed by atoms with Crippen LogP contribution in [0, 0.1) is 23.7 Å². The van der Waals surface area contributed by atoms with Gasteiger partial charge in [-0.3, -0.25) is 38.4 Å². The molecule has 19 heteroatoms. The number of hydrogen-bond donors (Lipinski definition) is 0. The smallest absolute Gasteiger partial charge is 0.307 e. The first-order chi connectivity index (χ1) is 42.4. The molecule has 0 aliphatic carbocycles. The van der Waals surface area contributed by atoms with Crippen LogP contribution in [0.3, 0.4) is 0 Å². The van der Waals surface area contributed by atoms with Gasteiger partial charge in [0.15, 0.2) is 0 Å². The quantitative estimate of drug-likeness (QED) is 0.0314. The van der Waals surface area contributed by atoms with Crippen molar-refractivity contribution in [1.82, 2.24) is 14.7 Å². The summed E-state index contributed by atoms with van der Waals surface area (Å²) < 4.78 is 43.8. The Kier molecular flexibility index (Phi) is 56.1. The number of nitrogens with zero attached hydrogens (tertiary/aromatic N) is 3. The highest BCUT2D eigenvalue weighted by atomic mass is 16.6. The first-order valence-corrected chi connectivity index (χ1v) is 34.8. The van der Waals surface area contributed by atoms with E-state index in [0.29, 0.717) is 153 Å². The SMILES string of the molecule is CCCCC(C)CCC(=O)OCCCCOC(=O)CCN(CCC(=O)OCCCCOC(=O)CCC(C)CCCC)CCN(C)CCN(CCC(=O)OCCCCOC(=O)CCC(C)CCCC)CCC(=O)OCCCCOC(=O)CCC(C)CCCC. The maximum absolute atomic E-state index is 13.0. The number of likely N-dealkylation sites (N-methyl/N-ethyl adjacent to an activating group) is 1. The zero-order valence-electron chi connectivity index (χ0n) is 57.1. The molecule has 0 radical (unpaired) electrons. The van der Waals surface area contributed by atoms with Crippen LogP contribution in [0.4, 0.5) is 0 Å². The van der Waals surface area contributed by atoms with E-state index in [1.807, 2.05) is 16.8 Å². The Morgan fingerprint density at radius 3 is 0.614 bits per heavy atom. The average Bonchev–Trinajstić information content (AvgIpc) is 3.58. The Morgan fingerprint density at radius 1 is 0.250 bits per heavy atom. The molecule has 0 N–H and O–H groups in total. The Balaban J connectivity index is 5.47. The second-order valence-electron chi connectivity index (χ2n) is 24.7. The molecule has 88 heavy (non-hydrogen) atoms. The molecule has 0 saturated heterocycles. The van der Waals surface area contributed by atoms with Crippen molar-refractivity contribution >= 4 is 47.8 Å². The number of unbranched alkanes of at least 4 members (excludes halogenated alkanes) is 8. The van der Waals surface area contributed by atoms with Crippen molar-refractivity contribution < 1.29 is 76.3 Å². The van der Waals surface area contributed by atoms with Crippen LogP contribution in [0.15, 0.2) is 0 Å². The summed E-state index contributed by atoms with van der Waals surface area (Å²) in [5, 5.41) is 0. The minimum atomic E-state index is -0.364. The lowest BCUT2D eigenvalue weighted by Gasteiger charge is -2.27. The summed E-state index contributed by atoms with van der Waals surface area (Å²) in [5.74, 6) is -0.305. The van der Waals surface area contributed by atoms with E-state index >= 15 is 0 Å². The summed E-state index contributed by atoms with van der Waals surface area (Å²) in [6, 6.07) is 0. The van der Waals surface area contributed by atoms with Gasteiger partial charge in [0.25, 0.3) is 0 Å². The molecule has 4 atom stereocenters. The molecule has 0 spiro atoms. The van der Waals surface area contributed by atoms with Gasteiger partial charge in [0.1, 0.15) is 0 Å². The fourth-order valence-electron chi connectivity index (χ4n) is 9.53. The minimum Gasteiger partial charge on any atom is -0.466 e. The molecule has 0 aromatic heterocycles. The van der Waals surface area contributed by atoms with Crippen molar-refractivity contribution in [3.05, 3.63) is 0 Å². The number of carbonyl (C=O) groups excluding carboxylic acids is 8. The van der Waals surface area contributed by atoms with Crippen molar-refractivity contribution in [2.24, 2.45) is 23.7 Å². The summed E-state index contributed by atoms with van der Waals surface area (Å²) in [4.78, 5) is 107. The number of esters is 8. The molecule has 0 bridgehead atoms. The number of rotatable bonds is 62. The van der Waals surface area contributed by atoms with Gasteiger partial charge in [-0.15, -0.1) is 0 Å². The van der Waals surface area contributed by atoms with Gasteiger partial charge in [-0.1, -0.05) is 132 Å². The Hall–Kier alpha value is -4.36. The van der Waals surface area contributed by atoms with Gasteiger partial charge < -0.3 is 52.6 Å². The highest BCUT2D eigenvalue weighted by Gasteiger charge is 2.18. The Bertz CT molecular complexity index is 1550. The summed E-state index contributed by atoms with van der Waals surface area (Å²) >= 11 is 0. The first kappa shape index (κ1) is 83.6. The molecule has 0 aliphatic heterocycles. The van der Waals surface area contributed by atoms with Gasteiger partial charge >= 0.3 is 47.8 Å². The van der Waals surface area contributed by atoms with E-state index in [1.54, 1.807) is 0 Å². The van der Waals surface area contributed by atoms with Crippen LogP contribution in [-0.2, 0) is 76.3 Å². The van der Waals surface area contributed by atoms with Gasteiger partial charge in [-0.25, -0.2) is 0 Å². The number of carbonyl (C=O) groups is 8. The van der Waals surface area contributed by atoms with Crippen molar-refractivity contribution in [3.8, 4) is 0 Å². The van der Waals surface area contributed by atoms with E-state index in [2.05, 4.69) is 60.3 Å². The van der Waals surface area contributed by atoms with E-state index in [-0.39, 0.29) is 126 Å². The molecule has 0 rings (SSSR count). The van der Waals surface area contributed by atoms with Crippen molar-refractivity contribution in [1.29, 1.82) is 0 Å². The van der Waals surface area contributed by atoms with Gasteiger partial charge in [0.2, 0.25) is 0 Å². The van der Waals surface area contributed by atoms with Crippen molar-refractivity contribution in [2.45, 2.75) is 261 Å².